The molecule has 1 aromatic carbocycles. The van der Waals surface area contributed by atoms with Crippen molar-refractivity contribution in [2.75, 3.05) is 13.1 Å². The first-order valence-electron chi connectivity index (χ1n) is 19.5. The quantitative estimate of drug-likeness (QED) is 0.0215. The Morgan fingerprint density at radius 1 is 0.946 bits per heavy atom. The number of hydrogen-bond acceptors (Lipinski definition) is 9. The summed E-state index contributed by atoms with van der Waals surface area (Å²) < 4.78 is 0. The van der Waals surface area contributed by atoms with Crippen molar-refractivity contribution in [1.82, 2.24) is 26.2 Å². The van der Waals surface area contributed by atoms with Crippen molar-refractivity contribution in [1.29, 1.82) is 5.53 Å². The Kier molecular flexibility index (Phi) is 19.8. The van der Waals surface area contributed by atoms with Crippen molar-refractivity contribution in [3.05, 3.63) is 35.9 Å². The van der Waals surface area contributed by atoms with Gasteiger partial charge in [0.2, 0.25) is 29.4 Å². The molecule has 0 aliphatic carbocycles. The number of nitrogens with two attached hydrogens (primary N) is 1. The molecule has 1 aliphatic heterocycles. The molecule has 1 fully saturated rings. The highest BCUT2D eigenvalue weighted by molar-refractivity contribution is 6.38. The normalized spacial score (nSPS) is 18.2. The largest absolute Gasteiger partial charge is 0.480 e. The molecule has 0 spiro atoms. The molecule has 1 heterocycles. The van der Waals surface area contributed by atoms with Gasteiger partial charge in [0.1, 0.15) is 30.0 Å². The Bertz CT molecular complexity index is 1550. The summed E-state index contributed by atoms with van der Waals surface area (Å²) in [5.74, 6) is -5.50. The van der Waals surface area contributed by atoms with E-state index in [1.807, 2.05) is 13.8 Å². The van der Waals surface area contributed by atoms with Crippen molar-refractivity contribution in [3.8, 4) is 0 Å². The molecule has 56 heavy (non-hydrogen) atoms. The van der Waals surface area contributed by atoms with Gasteiger partial charge in [0, 0.05) is 38.8 Å². The van der Waals surface area contributed by atoms with E-state index in [0.29, 0.717) is 37.7 Å². The molecule has 310 valence electrons. The lowest BCUT2D eigenvalue weighted by atomic mass is 9.89. The molecule has 1 aromatic rings. The van der Waals surface area contributed by atoms with Gasteiger partial charge in [-0.1, -0.05) is 83.5 Å². The molecule has 2 rings (SSSR count). The summed E-state index contributed by atoms with van der Waals surface area (Å²) in [6.07, 6.45) is 2.76. The third kappa shape index (κ3) is 15.1. The topological polar surface area (TPSA) is 266 Å². The van der Waals surface area contributed by atoms with E-state index in [9.17, 15) is 38.7 Å². The zero-order valence-corrected chi connectivity index (χ0v) is 33.5. The molecular weight excluding hydrogens is 722 g/mol. The molecule has 0 saturated carbocycles. The van der Waals surface area contributed by atoms with Crippen molar-refractivity contribution < 1.29 is 38.7 Å². The number of hydrogen-bond donors (Lipinski definition) is 7. The van der Waals surface area contributed by atoms with E-state index in [-0.39, 0.29) is 80.1 Å². The summed E-state index contributed by atoms with van der Waals surface area (Å²) in [4.78, 5) is 93.2. The minimum Gasteiger partial charge on any atom is -0.480 e. The second-order valence-electron chi connectivity index (χ2n) is 15.2. The second-order valence-corrected chi connectivity index (χ2v) is 15.2. The Morgan fingerprint density at radius 2 is 1.57 bits per heavy atom. The van der Waals surface area contributed by atoms with Crippen LogP contribution in [0.4, 0.5) is 0 Å². The number of rotatable bonds is 23. The van der Waals surface area contributed by atoms with Crippen LogP contribution in [0.2, 0.25) is 0 Å². The third-order valence-electron chi connectivity index (χ3n) is 10.0. The van der Waals surface area contributed by atoms with Gasteiger partial charge in [0.15, 0.2) is 0 Å². The van der Waals surface area contributed by atoms with Gasteiger partial charge in [-0.25, -0.2) is 4.79 Å². The first-order valence-corrected chi connectivity index (χ1v) is 19.5. The van der Waals surface area contributed by atoms with Crippen LogP contribution in [0, 0.1) is 29.2 Å². The maximum Gasteiger partial charge on any atom is 0.326 e. The second kappa shape index (κ2) is 23.6. The smallest absolute Gasteiger partial charge is 0.326 e. The van der Waals surface area contributed by atoms with Crippen LogP contribution in [0.5, 0.6) is 0 Å². The predicted molar refractivity (Wildman–Crippen MR) is 209 cm³/mol. The fourth-order valence-corrected chi connectivity index (χ4v) is 6.64. The summed E-state index contributed by atoms with van der Waals surface area (Å²) in [5.41, 5.74) is 13.0. The zero-order chi connectivity index (χ0) is 41.9. The number of carboxylic acids is 1. The van der Waals surface area contributed by atoms with Crippen LogP contribution in [0.25, 0.3) is 0 Å². The molecule has 8 N–H and O–H groups in total. The number of nitrogens with zero attached hydrogens (tertiary/aromatic N) is 3. The number of aliphatic carboxylic acids is 1. The molecule has 1 aliphatic rings. The number of benzene rings is 1. The molecule has 5 amide bonds. The van der Waals surface area contributed by atoms with Crippen LogP contribution in [0.3, 0.4) is 0 Å². The number of unbranched alkanes of at least 4 members (excludes halogenated alkanes) is 1. The van der Waals surface area contributed by atoms with E-state index in [0.717, 1.165) is 0 Å². The number of carbonyl (C=O) groups excluding carboxylic acids is 6. The summed E-state index contributed by atoms with van der Waals surface area (Å²) in [6, 6.07) is 4.53. The Hall–Kier alpha value is -5.22. The van der Waals surface area contributed by atoms with Gasteiger partial charge >= 0.3 is 5.97 Å². The first-order chi connectivity index (χ1) is 26.5. The van der Waals surface area contributed by atoms with E-state index in [1.54, 1.807) is 58.0 Å². The summed E-state index contributed by atoms with van der Waals surface area (Å²) in [5, 5.41) is 26.9. The minimum absolute atomic E-state index is 0.0163. The Morgan fingerprint density at radius 3 is 2.16 bits per heavy atom. The number of Topliss-reactive ketones (excluding diaryl/α,β-unsaturated/α-hetero) is 1. The van der Waals surface area contributed by atoms with Crippen molar-refractivity contribution in [2.24, 2.45) is 39.7 Å². The predicted octanol–water partition coefficient (Wildman–Crippen LogP) is 2.67. The minimum atomic E-state index is -1.34. The van der Waals surface area contributed by atoms with Gasteiger partial charge in [0.05, 0.1) is 0 Å². The van der Waals surface area contributed by atoms with Gasteiger partial charge in [-0.2, -0.15) is 5.53 Å². The van der Waals surface area contributed by atoms with Gasteiger partial charge in [-0.15, -0.1) is 5.10 Å². The van der Waals surface area contributed by atoms with Gasteiger partial charge in [-0.3, -0.25) is 28.8 Å². The first kappa shape index (κ1) is 46.9. The SMILES string of the molecule is CCCC(C(=O)C(=O)N[C@H](Cc1ccccc1)C(=O)O)N1CC[C@@H](CNC(=O)[C@@H](NC(=O)[C@H](NC(=O)CCCC/C(N)=N/N=N)C(C)C)C(C)C)[C@H](C)CC1=O. The molecule has 17 heteroatoms. The van der Waals surface area contributed by atoms with Crippen molar-refractivity contribution in [2.45, 2.75) is 123 Å². The number of amides is 5. The van der Waals surface area contributed by atoms with Crippen LogP contribution in [-0.4, -0.2) is 94.4 Å². The van der Waals surface area contributed by atoms with E-state index >= 15 is 0 Å². The standard InChI is InChI=1S/C39H61N9O8/c1-7-13-29(35(51)38(54)43-28(39(55)56)21-26-14-9-8-10-15-26)48-19-18-27(25(6)20-32(48)50)22-42-36(52)33(23(2)3)45-37(53)34(24(4)5)44-31(49)17-12-11-16-30(40)46-47-41/h8-10,14-15,23-25,27-29,33-34H,7,11-13,16-22H2,1-6H3,(H,42,52)(H,43,54)(H,44,49)(H,45,53)(H,55,56)(H3,40,41,46)/t25-,27+,28-,29?,33+,34-/m1/s1. The number of ketones is 1. The molecular formula is C39H61N9O8. The number of carboxylic acid groups (broad SMARTS) is 1. The van der Waals surface area contributed by atoms with Gasteiger partial charge < -0.3 is 37.0 Å². The zero-order valence-electron chi connectivity index (χ0n) is 33.5. The van der Waals surface area contributed by atoms with E-state index in [1.165, 1.54) is 4.90 Å². The maximum atomic E-state index is 13.5. The van der Waals surface area contributed by atoms with Crippen LogP contribution in [0.1, 0.15) is 98.5 Å². The molecule has 17 nitrogen and oxygen atoms in total. The van der Waals surface area contributed by atoms with Crippen LogP contribution in [0.15, 0.2) is 40.7 Å². The Balaban J connectivity index is 2.05. The molecule has 6 atom stereocenters. The Labute approximate surface area is 329 Å². The lowest BCUT2D eigenvalue weighted by Gasteiger charge is -2.30. The number of carbonyl (C=O) groups is 7. The van der Waals surface area contributed by atoms with E-state index in [4.69, 9.17) is 11.3 Å². The van der Waals surface area contributed by atoms with Crippen LogP contribution >= 0.6 is 0 Å². The van der Waals surface area contributed by atoms with E-state index < -0.39 is 53.6 Å². The number of amidine groups is 1. The number of likely N-dealkylation sites (tertiary alicyclic amines) is 1. The highest BCUT2D eigenvalue weighted by Crippen LogP contribution is 2.27. The van der Waals surface area contributed by atoms with E-state index in [2.05, 4.69) is 31.6 Å². The molecule has 0 aromatic heterocycles. The lowest BCUT2D eigenvalue weighted by molar-refractivity contribution is -0.148. The lowest BCUT2D eigenvalue weighted by Crippen LogP contribution is -2.57. The highest BCUT2D eigenvalue weighted by Gasteiger charge is 2.38. The van der Waals surface area contributed by atoms with Crippen molar-refractivity contribution >= 4 is 47.1 Å². The maximum absolute atomic E-state index is 13.5. The fraction of sp³-hybridized carbons (Fsp3) is 0.641. The third-order valence-corrected chi connectivity index (χ3v) is 10.0. The summed E-state index contributed by atoms with van der Waals surface area (Å²) in [6.45, 7) is 11.2. The summed E-state index contributed by atoms with van der Waals surface area (Å²) >= 11 is 0. The molecule has 1 saturated heterocycles. The monoisotopic (exact) mass is 783 g/mol. The fourth-order valence-electron chi connectivity index (χ4n) is 6.64. The highest BCUT2D eigenvalue weighted by atomic mass is 16.4. The van der Waals surface area contributed by atoms with Crippen LogP contribution in [-0.2, 0) is 40.0 Å². The number of nitrogens with one attached hydrogen (secondary N) is 5. The molecule has 0 radical (unpaired) electrons. The van der Waals surface area contributed by atoms with Crippen molar-refractivity contribution in [3.63, 3.8) is 0 Å². The van der Waals surface area contributed by atoms with Crippen LogP contribution < -0.4 is 27.0 Å². The van der Waals surface area contributed by atoms with Gasteiger partial charge in [-0.05, 0) is 54.9 Å². The van der Waals surface area contributed by atoms with Gasteiger partial charge in [0.25, 0.3) is 5.91 Å². The molecule has 0 bridgehead atoms. The average molecular weight is 784 g/mol. The summed E-state index contributed by atoms with van der Waals surface area (Å²) in [7, 11) is 0. The molecule has 1 unspecified atom stereocenters. The average Bonchev–Trinajstić information content (AvgIpc) is 3.28.